The molecule has 0 atom stereocenters. The van der Waals surface area contributed by atoms with Crippen LogP contribution in [0.15, 0.2) is 22.7 Å². The van der Waals surface area contributed by atoms with E-state index >= 15 is 0 Å². The van der Waals surface area contributed by atoms with Gasteiger partial charge in [-0.25, -0.2) is 0 Å². The van der Waals surface area contributed by atoms with E-state index in [1.807, 2.05) is 6.07 Å². The van der Waals surface area contributed by atoms with Crippen LogP contribution in [0.4, 0.5) is 0 Å². The van der Waals surface area contributed by atoms with Crippen molar-refractivity contribution >= 4 is 22.0 Å². The van der Waals surface area contributed by atoms with Crippen LogP contribution in [0.5, 0.6) is 5.75 Å². The molecule has 0 bridgehead atoms. The molecular formula is C10H9BrO. The minimum absolute atomic E-state index is 0.946. The highest BCUT2D eigenvalue weighted by Crippen LogP contribution is 2.35. The highest BCUT2D eigenvalue weighted by molar-refractivity contribution is 9.10. The third-order valence-electron chi connectivity index (χ3n) is 2.06. The summed E-state index contributed by atoms with van der Waals surface area (Å²) in [6.07, 6.45) is 5.29. The molecule has 0 radical (unpaired) electrons. The van der Waals surface area contributed by atoms with Crippen molar-refractivity contribution in [1.82, 2.24) is 0 Å². The second-order valence-corrected chi connectivity index (χ2v) is 3.61. The molecule has 0 fully saturated rings. The van der Waals surface area contributed by atoms with Crippen LogP contribution >= 0.6 is 15.9 Å². The van der Waals surface area contributed by atoms with E-state index in [4.69, 9.17) is 4.74 Å². The molecule has 0 spiro atoms. The van der Waals surface area contributed by atoms with Crippen molar-refractivity contribution in [2.24, 2.45) is 0 Å². The highest BCUT2D eigenvalue weighted by Gasteiger charge is 2.12. The number of fused-ring (bicyclic) bond motifs is 1. The molecule has 2 rings (SSSR count). The third kappa shape index (κ3) is 1.07. The summed E-state index contributed by atoms with van der Waals surface area (Å²) in [5.74, 6) is 0.946. The number of hydrogen-bond acceptors (Lipinski definition) is 1. The molecule has 1 aromatic carbocycles. The number of methoxy groups -OCH3 is 1. The fraction of sp³-hybridized carbons (Fsp3) is 0.200. The molecule has 0 amide bonds. The summed E-state index contributed by atoms with van der Waals surface area (Å²) in [7, 11) is 1.70. The summed E-state index contributed by atoms with van der Waals surface area (Å²) in [6, 6.07) is 4.16. The van der Waals surface area contributed by atoms with E-state index in [2.05, 4.69) is 34.1 Å². The van der Waals surface area contributed by atoms with Crippen LogP contribution < -0.4 is 4.74 Å². The number of benzene rings is 1. The summed E-state index contributed by atoms with van der Waals surface area (Å²) < 4.78 is 6.31. The van der Waals surface area contributed by atoms with Crippen molar-refractivity contribution in [3.05, 3.63) is 33.8 Å². The van der Waals surface area contributed by atoms with Crippen LogP contribution in [-0.2, 0) is 6.42 Å². The Hall–Kier alpha value is -0.760. The molecule has 0 heterocycles. The molecule has 1 nitrogen and oxygen atoms in total. The molecule has 0 saturated heterocycles. The Labute approximate surface area is 80.2 Å². The second kappa shape index (κ2) is 2.94. The predicted molar refractivity (Wildman–Crippen MR) is 53.4 cm³/mol. The number of allylic oxidation sites excluding steroid dienone is 1. The van der Waals surface area contributed by atoms with E-state index in [0.29, 0.717) is 0 Å². The lowest BCUT2D eigenvalue weighted by atomic mass is 10.1. The summed E-state index contributed by atoms with van der Waals surface area (Å²) in [4.78, 5) is 0. The van der Waals surface area contributed by atoms with Crippen LogP contribution in [0, 0.1) is 0 Å². The maximum absolute atomic E-state index is 5.29. The zero-order chi connectivity index (χ0) is 8.55. The van der Waals surface area contributed by atoms with E-state index in [1.54, 1.807) is 7.11 Å². The van der Waals surface area contributed by atoms with Crippen molar-refractivity contribution in [2.75, 3.05) is 7.11 Å². The Morgan fingerprint density at radius 2 is 2.25 bits per heavy atom. The van der Waals surface area contributed by atoms with E-state index in [-0.39, 0.29) is 0 Å². The zero-order valence-electron chi connectivity index (χ0n) is 6.80. The highest BCUT2D eigenvalue weighted by atomic mass is 79.9. The lowest BCUT2D eigenvalue weighted by Crippen LogP contribution is -1.90. The molecule has 12 heavy (non-hydrogen) atoms. The van der Waals surface area contributed by atoms with Crippen LogP contribution in [0.3, 0.4) is 0 Å². The van der Waals surface area contributed by atoms with Gasteiger partial charge in [-0.15, -0.1) is 0 Å². The first-order valence-corrected chi connectivity index (χ1v) is 4.64. The van der Waals surface area contributed by atoms with Crippen molar-refractivity contribution in [3.8, 4) is 5.75 Å². The molecule has 1 aromatic rings. The zero-order valence-corrected chi connectivity index (χ0v) is 8.39. The monoisotopic (exact) mass is 224 g/mol. The van der Waals surface area contributed by atoms with Gasteiger partial charge in [0.1, 0.15) is 5.75 Å². The van der Waals surface area contributed by atoms with Gasteiger partial charge in [-0.05, 0) is 34.0 Å². The van der Waals surface area contributed by atoms with Gasteiger partial charge >= 0.3 is 0 Å². The topological polar surface area (TPSA) is 9.23 Å². The van der Waals surface area contributed by atoms with E-state index < -0.39 is 0 Å². The van der Waals surface area contributed by atoms with Gasteiger partial charge in [-0.3, -0.25) is 0 Å². The van der Waals surface area contributed by atoms with Crippen molar-refractivity contribution in [2.45, 2.75) is 6.42 Å². The lowest BCUT2D eigenvalue weighted by molar-refractivity contribution is 0.411. The van der Waals surface area contributed by atoms with E-state index in [1.165, 1.54) is 11.1 Å². The van der Waals surface area contributed by atoms with Gasteiger partial charge in [0, 0.05) is 5.56 Å². The molecule has 1 aliphatic carbocycles. The van der Waals surface area contributed by atoms with Gasteiger partial charge in [-0.2, -0.15) is 0 Å². The van der Waals surface area contributed by atoms with Gasteiger partial charge in [0.2, 0.25) is 0 Å². The first-order chi connectivity index (χ1) is 5.83. The minimum Gasteiger partial charge on any atom is -0.495 e. The third-order valence-corrected chi connectivity index (χ3v) is 2.69. The molecule has 0 N–H and O–H groups in total. The molecule has 2 heteroatoms. The van der Waals surface area contributed by atoms with Crippen LogP contribution in [-0.4, -0.2) is 7.11 Å². The van der Waals surface area contributed by atoms with Crippen LogP contribution in [0.25, 0.3) is 6.08 Å². The smallest absolute Gasteiger partial charge is 0.140 e. The summed E-state index contributed by atoms with van der Waals surface area (Å²) in [5, 5.41) is 0. The van der Waals surface area contributed by atoms with Gasteiger partial charge in [0.15, 0.2) is 0 Å². The number of rotatable bonds is 1. The SMILES string of the molecule is COc1c(Br)ccc2c1C=CC2. The molecular weight excluding hydrogens is 216 g/mol. The fourth-order valence-corrected chi connectivity index (χ4v) is 1.99. The van der Waals surface area contributed by atoms with Gasteiger partial charge in [0.05, 0.1) is 11.6 Å². The Morgan fingerprint density at radius 1 is 1.42 bits per heavy atom. The second-order valence-electron chi connectivity index (χ2n) is 2.76. The van der Waals surface area contributed by atoms with E-state index in [9.17, 15) is 0 Å². The number of hydrogen-bond donors (Lipinski definition) is 0. The molecule has 0 aliphatic heterocycles. The molecule has 0 unspecified atom stereocenters. The molecule has 62 valence electrons. The Bertz CT molecular complexity index is 342. The summed E-state index contributed by atoms with van der Waals surface area (Å²) in [6.45, 7) is 0. The lowest BCUT2D eigenvalue weighted by Gasteiger charge is -2.07. The summed E-state index contributed by atoms with van der Waals surface area (Å²) in [5.41, 5.74) is 2.56. The van der Waals surface area contributed by atoms with Gasteiger partial charge < -0.3 is 4.74 Å². The first kappa shape index (κ1) is 7.87. The molecule has 0 saturated carbocycles. The normalized spacial score (nSPS) is 13.2. The maximum Gasteiger partial charge on any atom is 0.140 e. The Balaban J connectivity index is 2.64. The molecule has 1 aliphatic rings. The first-order valence-electron chi connectivity index (χ1n) is 3.85. The average molecular weight is 225 g/mol. The minimum atomic E-state index is 0.946. The van der Waals surface area contributed by atoms with Gasteiger partial charge in [0.25, 0.3) is 0 Å². The predicted octanol–water partition coefficient (Wildman–Crippen LogP) is 3.03. The summed E-state index contributed by atoms with van der Waals surface area (Å²) >= 11 is 3.45. The van der Waals surface area contributed by atoms with Crippen molar-refractivity contribution in [1.29, 1.82) is 0 Å². The molecule has 0 aromatic heterocycles. The Kier molecular flexibility index (Phi) is 1.93. The number of halogens is 1. The quantitative estimate of drug-likeness (QED) is 0.713. The van der Waals surface area contributed by atoms with Crippen molar-refractivity contribution in [3.63, 3.8) is 0 Å². The maximum atomic E-state index is 5.29. The largest absolute Gasteiger partial charge is 0.495 e. The fourth-order valence-electron chi connectivity index (χ4n) is 1.49. The standard InChI is InChI=1S/C10H9BrO/c1-12-10-8-4-2-3-7(8)5-6-9(10)11/h2,4-6H,3H2,1H3. The Morgan fingerprint density at radius 3 is 3.00 bits per heavy atom. The number of ether oxygens (including phenoxy) is 1. The van der Waals surface area contributed by atoms with Crippen molar-refractivity contribution < 1.29 is 4.74 Å². The van der Waals surface area contributed by atoms with E-state index in [0.717, 1.165) is 16.6 Å². The van der Waals surface area contributed by atoms with Gasteiger partial charge in [-0.1, -0.05) is 18.2 Å². The average Bonchev–Trinajstić information content (AvgIpc) is 2.52. The van der Waals surface area contributed by atoms with Crippen LogP contribution in [0.1, 0.15) is 11.1 Å². The van der Waals surface area contributed by atoms with Crippen LogP contribution in [0.2, 0.25) is 0 Å².